The number of carbonyl (C=O) groups is 1. The Morgan fingerprint density at radius 3 is 2.92 bits per heavy atom. The van der Waals surface area contributed by atoms with Crippen molar-refractivity contribution < 1.29 is 4.79 Å². The zero-order valence-electron chi connectivity index (χ0n) is 7.62. The molecule has 0 bridgehead atoms. The van der Waals surface area contributed by atoms with Crippen molar-refractivity contribution in [3.05, 3.63) is 12.2 Å². The Morgan fingerprint density at radius 2 is 2.42 bits per heavy atom. The second-order valence-electron chi connectivity index (χ2n) is 3.69. The number of primary amides is 1. The Labute approximate surface area is 73.8 Å². The van der Waals surface area contributed by atoms with Crippen LogP contribution in [0.25, 0.3) is 0 Å². The van der Waals surface area contributed by atoms with Gasteiger partial charge in [-0.05, 0) is 31.1 Å². The van der Waals surface area contributed by atoms with Crippen molar-refractivity contribution in [3.8, 4) is 0 Å². The third kappa shape index (κ3) is 2.68. The van der Waals surface area contributed by atoms with Gasteiger partial charge in [-0.2, -0.15) is 0 Å². The first kappa shape index (κ1) is 9.30. The lowest BCUT2D eigenvalue weighted by atomic mass is 9.82. The summed E-state index contributed by atoms with van der Waals surface area (Å²) in [6.45, 7) is 2.12. The highest BCUT2D eigenvalue weighted by molar-refractivity contribution is 5.73. The van der Waals surface area contributed by atoms with Crippen LogP contribution in [0.4, 0.5) is 0 Å². The number of hydrogen-bond acceptors (Lipinski definition) is 1. The summed E-state index contributed by atoms with van der Waals surface area (Å²) in [5, 5.41) is 0. The van der Waals surface area contributed by atoms with E-state index in [0.717, 1.165) is 12.8 Å². The van der Waals surface area contributed by atoms with Crippen LogP contribution in [0.15, 0.2) is 12.2 Å². The summed E-state index contributed by atoms with van der Waals surface area (Å²) in [6.07, 6.45) is 8.46. The molecule has 0 saturated heterocycles. The maximum atomic E-state index is 10.7. The SMILES string of the molecule is C[C@H](CC(N)=O)C1CC=CCC1. The molecule has 2 nitrogen and oxygen atoms in total. The Balaban J connectivity index is 2.35. The van der Waals surface area contributed by atoms with Gasteiger partial charge in [-0.25, -0.2) is 0 Å². The molecule has 12 heavy (non-hydrogen) atoms. The van der Waals surface area contributed by atoms with Gasteiger partial charge in [0.05, 0.1) is 0 Å². The molecule has 0 aliphatic heterocycles. The molecule has 0 saturated carbocycles. The lowest BCUT2D eigenvalue weighted by molar-refractivity contribution is -0.119. The van der Waals surface area contributed by atoms with Gasteiger partial charge in [0.25, 0.3) is 0 Å². The maximum absolute atomic E-state index is 10.7. The largest absolute Gasteiger partial charge is 0.370 e. The summed E-state index contributed by atoms with van der Waals surface area (Å²) >= 11 is 0. The van der Waals surface area contributed by atoms with E-state index in [0.29, 0.717) is 18.3 Å². The van der Waals surface area contributed by atoms with E-state index in [1.807, 2.05) is 0 Å². The van der Waals surface area contributed by atoms with Crippen LogP contribution in [-0.2, 0) is 4.79 Å². The molecule has 1 amide bonds. The van der Waals surface area contributed by atoms with Crippen molar-refractivity contribution in [2.75, 3.05) is 0 Å². The molecule has 0 aromatic rings. The van der Waals surface area contributed by atoms with Gasteiger partial charge in [-0.15, -0.1) is 0 Å². The minimum absolute atomic E-state index is 0.169. The molecule has 1 unspecified atom stereocenters. The molecule has 0 radical (unpaired) electrons. The highest BCUT2D eigenvalue weighted by atomic mass is 16.1. The fourth-order valence-corrected chi connectivity index (χ4v) is 1.82. The average Bonchev–Trinajstić information content (AvgIpc) is 2.05. The topological polar surface area (TPSA) is 43.1 Å². The minimum Gasteiger partial charge on any atom is -0.370 e. The quantitative estimate of drug-likeness (QED) is 0.640. The molecule has 1 rings (SSSR count). The Morgan fingerprint density at radius 1 is 1.67 bits per heavy atom. The number of hydrogen-bond donors (Lipinski definition) is 1. The molecule has 0 spiro atoms. The van der Waals surface area contributed by atoms with Crippen molar-refractivity contribution in [1.29, 1.82) is 0 Å². The van der Waals surface area contributed by atoms with Crippen LogP contribution in [0.5, 0.6) is 0 Å². The molecule has 0 aromatic heterocycles. The van der Waals surface area contributed by atoms with Crippen LogP contribution in [-0.4, -0.2) is 5.91 Å². The van der Waals surface area contributed by atoms with E-state index in [2.05, 4.69) is 19.1 Å². The smallest absolute Gasteiger partial charge is 0.217 e. The molecular formula is C10H17NO. The Kier molecular flexibility index (Phi) is 3.32. The Bertz CT molecular complexity index is 186. The van der Waals surface area contributed by atoms with E-state index in [9.17, 15) is 4.79 Å². The molecule has 0 aromatic carbocycles. The molecule has 2 N–H and O–H groups in total. The van der Waals surface area contributed by atoms with E-state index in [-0.39, 0.29) is 5.91 Å². The van der Waals surface area contributed by atoms with Gasteiger partial charge in [-0.1, -0.05) is 19.1 Å². The van der Waals surface area contributed by atoms with Crippen molar-refractivity contribution >= 4 is 5.91 Å². The van der Waals surface area contributed by atoms with Crippen molar-refractivity contribution in [2.24, 2.45) is 17.6 Å². The van der Waals surface area contributed by atoms with Gasteiger partial charge in [-0.3, -0.25) is 4.79 Å². The molecule has 1 aliphatic carbocycles. The number of carbonyl (C=O) groups excluding carboxylic acids is 1. The van der Waals surface area contributed by atoms with Crippen LogP contribution in [0.3, 0.4) is 0 Å². The number of amides is 1. The minimum atomic E-state index is -0.169. The summed E-state index contributed by atoms with van der Waals surface area (Å²) in [5.41, 5.74) is 5.14. The van der Waals surface area contributed by atoms with Crippen molar-refractivity contribution in [1.82, 2.24) is 0 Å². The van der Waals surface area contributed by atoms with Crippen LogP contribution in [0.2, 0.25) is 0 Å². The number of allylic oxidation sites excluding steroid dienone is 2. The number of nitrogens with two attached hydrogens (primary N) is 1. The first-order chi connectivity index (χ1) is 5.70. The monoisotopic (exact) mass is 167 g/mol. The molecule has 0 heterocycles. The van der Waals surface area contributed by atoms with E-state index in [1.165, 1.54) is 6.42 Å². The highest BCUT2D eigenvalue weighted by Gasteiger charge is 2.18. The third-order valence-corrected chi connectivity index (χ3v) is 2.64. The lowest BCUT2D eigenvalue weighted by Gasteiger charge is -2.23. The van der Waals surface area contributed by atoms with Gasteiger partial charge in [0.2, 0.25) is 5.91 Å². The average molecular weight is 167 g/mol. The normalized spacial score (nSPS) is 25.2. The predicted octanol–water partition coefficient (Wildman–Crippen LogP) is 1.85. The molecule has 1 aliphatic rings. The van der Waals surface area contributed by atoms with E-state index < -0.39 is 0 Å². The summed E-state index contributed by atoms with van der Waals surface area (Å²) in [5.74, 6) is 0.951. The van der Waals surface area contributed by atoms with Gasteiger partial charge in [0.15, 0.2) is 0 Å². The van der Waals surface area contributed by atoms with Crippen molar-refractivity contribution in [3.63, 3.8) is 0 Å². The van der Waals surface area contributed by atoms with Gasteiger partial charge in [0, 0.05) is 6.42 Å². The van der Waals surface area contributed by atoms with Gasteiger partial charge < -0.3 is 5.73 Å². The van der Waals surface area contributed by atoms with Crippen molar-refractivity contribution in [2.45, 2.75) is 32.6 Å². The first-order valence-electron chi connectivity index (χ1n) is 4.63. The standard InChI is InChI=1S/C10H17NO/c1-8(7-10(11)12)9-5-3-2-4-6-9/h2-3,8-9H,4-7H2,1H3,(H2,11,12)/t8-,9?/m1/s1. The highest BCUT2D eigenvalue weighted by Crippen LogP contribution is 2.27. The predicted molar refractivity (Wildman–Crippen MR) is 49.5 cm³/mol. The Hall–Kier alpha value is -0.790. The van der Waals surface area contributed by atoms with Crippen LogP contribution >= 0.6 is 0 Å². The lowest BCUT2D eigenvalue weighted by Crippen LogP contribution is -2.21. The zero-order valence-corrected chi connectivity index (χ0v) is 7.62. The van der Waals surface area contributed by atoms with E-state index in [4.69, 9.17) is 5.73 Å². The zero-order chi connectivity index (χ0) is 8.97. The molecule has 2 atom stereocenters. The molecule has 2 heteroatoms. The van der Waals surface area contributed by atoms with Gasteiger partial charge in [0.1, 0.15) is 0 Å². The van der Waals surface area contributed by atoms with Gasteiger partial charge >= 0.3 is 0 Å². The molecule has 0 fully saturated rings. The van der Waals surface area contributed by atoms with Crippen LogP contribution in [0.1, 0.15) is 32.6 Å². The van der Waals surface area contributed by atoms with E-state index >= 15 is 0 Å². The fraction of sp³-hybridized carbons (Fsp3) is 0.700. The van der Waals surface area contributed by atoms with E-state index in [1.54, 1.807) is 0 Å². The molecule has 68 valence electrons. The third-order valence-electron chi connectivity index (χ3n) is 2.64. The summed E-state index contributed by atoms with van der Waals surface area (Å²) in [4.78, 5) is 10.7. The molecular weight excluding hydrogens is 150 g/mol. The first-order valence-corrected chi connectivity index (χ1v) is 4.63. The summed E-state index contributed by atoms with van der Waals surface area (Å²) in [6, 6.07) is 0. The second-order valence-corrected chi connectivity index (χ2v) is 3.69. The van der Waals surface area contributed by atoms with Crippen LogP contribution in [0, 0.1) is 11.8 Å². The maximum Gasteiger partial charge on any atom is 0.217 e. The fourth-order valence-electron chi connectivity index (χ4n) is 1.82. The summed E-state index contributed by atoms with van der Waals surface area (Å²) < 4.78 is 0. The van der Waals surface area contributed by atoms with Crippen LogP contribution < -0.4 is 5.73 Å². The second kappa shape index (κ2) is 4.29. The number of rotatable bonds is 3. The summed E-state index contributed by atoms with van der Waals surface area (Å²) in [7, 11) is 0.